The second-order valence-electron chi connectivity index (χ2n) is 3.58. The Morgan fingerprint density at radius 3 is 2.41 bits per heavy atom. The number of carbonyl (C=O) groups is 2. The van der Waals surface area contributed by atoms with Crippen molar-refractivity contribution in [1.29, 1.82) is 0 Å². The molecule has 0 bridgehead atoms. The van der Waals surface area contributed by atoms with E-state index in [1.165, 1.54) is 0 Å². The van der Waals surface area contributed by atoms with E-state index in [0.29, 0.717) is 24.3 Å². The molecule has 92 valence electrons. The summed E-state index contributed by atoms with van der Waals surface area (Å²) in [6.45, 7) is 2.78. The van der Waals surface area contributed by atoms with E-state index in [1.807, 2.05) is 6.92 Å². The average Bonchev–Trinajstić information content (AvgIpc) is 2.30. The molecule has 0 aliphatic rings. The molecule has 5 nitrogen and oxygen atoms in total. The Balaban J connectivity index is 2.35. The first-order valence-corrected chi connectivity index (χ1v) is 5.54. The van der Waals surface area contributed by atoms with Gasteiger partial charge in [-0.25, -0.2) is 0 Å². The van der Waals surface area contributed by atoms with Crippen LogP contribution in [-0.4, -0.2) is 24.9 Å². The Morgan fingerprint density at radius 2 is 1.82 bits per heavy atom. The van der Waals surface area contributed by atoms with E-state index >= 15 is 0 Å². The van der Waals surface area contributed by atoms with Gasteiger partial charge < -0.3 is 16.4 Å². The molecular formula is C12H17N3O2. The number of anilines is 1. The van der Waals surface area contributed by atoms with Gasteiger partial charge in [0.1, 0.15) is 0 Å². The van der Waals surface area contributed by atoms with Crippen LogP contribution in [0.15, 0.2) is 24.3 Å². The molecule has 0 fully saturated rings. The van der Waals surface area contributed by atoms with Gasteiger partial charge in [-0.1, -0.05) is 0 Å². The quantitative estimate of drug-likeness (QED) is 0.651. The van der Waals surface area contributed by atoms with Crippen LogP contribution in [0.4, 0.5) is 5.69 Å². The molecule has 4 N–H and O–H groups in total. The van der Waals surface area contributed by atoms with Crippen LogP contribution in [0.5, 0.6) is 0 Å². The molecule has 17 heavy (non-hydrogen) atoms. The van der Waals surface area contributed by atoms with Crippen molar-refractivity contribution >= 4 is 17.5 Å². The molecule has 1 aromatic carbocycles. The van der Waals surface area contributed by atoms with Gasteiger partial charge in [-0.3, -0.25) is 9.59 Å². The van der Waals surface area contributed by atoms with Crippen molar-refractivity contribution in [2.45, 2.75) is 13.3 Å². The van der Waals surface area contributed by atoms with E-state index in [1.54, 1.807) is 24.3 Å². The van der Waals surface area contributed by atoms with Crippen molar-refractivity contribution < 1.29 is 9.59 Å². The van der Waals surface area contributed by atoms with Crippen molar-refractivity contribution in [2.75, 3.05) is 18.8 Å². The van der Waals surface area contributed by atoms with Gasteiger partial charge in [-0.2, -0.15) is 0 Å². The van der Waals surface area contributed by atoms with E-state index in [9.17, 15) is 9.59 Å². The van der Waals surface area contributed by atoms with Gasteiger partial charge in [0.15, 0.2) is 0 Å². The maximum atomic E-state index is 11.6. The number of hydrogen-bond acceptors (Lipinski definition) is 3. The zero-order chi connectivity index (χ0) is 12.7. The van der Waals surface area contributed by atoms with Crippen LogP contribution in [0.1, 0.15) is 23.7 Å². The lowest BCUT2D eigenvalue weighted by atomic mass is 10.2. The molecule has 1 rings (SSSR count). The predicted molar refractivity (Wildman–Crippen MR) is 66.5 cm³/mol. The van der Waals surface area contributed by atoms with Crippen LogP contribution >= 0.6 is 0 Å². The number of carbonyl (C=O) groups excluding carboxylic acids is 2. The highest BCUT2D eigenvalue weighted by Crippen LogP contribution is 2.04. The summed E-state index contributed by atoms with van der Waals surface area (Å²) in [5.41, 5.74) is 6.67. The molecular weight excluding hydrogens is 218 g/mol. The number of hydrogen-bond donors (Lipinski definition) is 3. The van der Waals surface area contributed by atoms with Crippen LogP contribution in [0.25, 0.3) is 0 Å². The van der Waals surface area contributed by atoms with Gasteiger partial charge >= 0.3 is 0 Å². The third kappa shape index (κ3) is 4.55. The van der Waals surface area contributed by atoms with Crippen molar-refractivity contribution in [1.82, 2.24) is 10.6 Å². The standard InChI is InChI=1S/C12H17N3O2/c1-2-14-11(16)7-8-15-12(17)9-3-5-10(13)6-4-9/h3-6H,2,7-8,13H2,1H3,(H,14,16)(H,15,17). The van der Waals surface area contributed by atoms with Crippen molar-refractivity contribution in [3.8, 4) is 0 Å². The van der Waals surface area contributed by atoms with E-state index < -0.39 is 0 Å². The van der Waals surface area contributed by atoms with Crippen LogP contribution in [0.2, 0.25) is 0 Å². The highest BCUT2D eigenvalue weighted by Gasteiger charge is 2.05. The summed E-state index contributed by atoms with van der Waals surface area (Å²) in [6.07, 6.45) is 0.286. The zero-order valence-electron chi connectivity index (χ0n) is 9.82. The number of nitrogen functional groups attached to an aromatic ring is 1. The lowest BCUT2D eigenvalue weighted by Gasteiger charge is -2.05. The molecule has 0 spiro atoms. The smallest absolute Gasteiger partial charge is 0.251 e. The SMILES string of the molecule is CCNC(=O)CCNC(=O)c1ccc(N)cc1. The first-order valence-electron chi connectivity index (χ1n) is 5.54. The summed E-state index contributed by atoms with van der Waals surface area (Å²) in [7, 11) is 0. The number of amides is 2. The van der Waals surface area contributed by atoms with E-state index in [-0.39, 0.29) is 18.2 Å². The van der Waals surface area contributed by atoms with Gasteiger partial charge in [0.05, 0.1) is 0 Å². The fourth-order valence-electron chi connectivity index (χ4n) is 1.31. The first kappa shape index (κ1) is 13.0. The Hall–Kier alpha value is -2.04. The van der Waals surface area contributed by atoms with Gasteiger partial charge in [0, 0.05) is 30.8 Å². The van der Waals surface area contributed by atoms with Crippen molar-refractivity contribution in [2.24, 2.45) is 0 Å². The maximum absolute atomic E-state index is 11.6. The minimum atomic E-state index is -0.200. The van der Waals surface area contributed by atoms with Crippen LogP contribution < -0.4 is 16.4 Å². The topological polar surface area (TPSA) is 84.2 Å². The summed E-state index contributed by atoms with van der Waals surface area (Å²) in [6, 6.07) is 6.63. The van der Waals surface area contributed by atoms with Crippen LogP contribution in [0.3, 0.4) is 0 Å². The Kier molecular flexibility index (Phi) is 5.00. The molecule has 0 radical (unpaired) electrons. The average molecular weight is 235 g/mol. The summed E-state index contributed by atoms with van der Waals surface area (Å²) in [5, 5.41) is 5.33. The largest absolute Gasteiger partial charge is 0.399 e. The molecule has 1 aromatic rings. The molecule has 0 atom stereocenters. The molecule has 0 aliphatic heterocycles. The molecule has 2 amide bonds. The first-order chi connectivity index (χ1) is 8.13. The monoisotopic (exact) mass is 235 g/mol. The van der Waals surface area contributed by atoms with Gasteiger partial charge in [-0.15, -0.1) is 0 Å². The Bertz CT molecular complexity index is 387. The van der Waals surface area contributed by atoms with E-state index in [2.05, 4.69) is 10.6 Å². The maximum Gasteiger partial charge on any atom is 0.251 e. The minimum absolute atomic E-state index is 0.0647. The number of nitrogens with two attached hydrogens (primary N) is 1. The summed E-state index contributed by atoms with van der Waals surface area (Å²) < 4.78 is 0. The molecule has 0 saturated heterocycles. The van der Waals surface area contributed by atoms with Crippen molar-refractivity contribution in [3.63, 3.8) is 0 Å². The summed E-state index contributed by atoms with van der Waals surface area (Å²) in [4.78, 5) is 22.7. The lowest BCUT2D eigenvalue weighted by molar-refractivity contribution is -0.120. The highest BCUT2D eigenvalue weighted by atomic mass is 16.2. The molecule has 0 aromatic heterocycles. The highest BCUT2D eigenvalue weighted by molar-refractivity contribution is 5.94. The molecule has 5 heteroatoms. The third-order valence-electron chi connectivity index (χ3n) is 2.18. The fraction of sp³-hybridized carbons (Fsp3) is 0.333. The zero-order valence-corrected chi connectivity index (χ0v) is 9.82. The second-order valence-corrected chi connectivity index (χ2v) is 3.58. The van der Waals surface area contributed by atoms with Crippen LogP contribution in [-0.2, 0) is 4.79 Å². The Morgan fingerprint density at radius 1 is 1.18 bits per heavy atom. The molecule has 0 saturated carbocycles. The summed E-state index contributed by atoms with van der Waals surface area (Å²) >= 11 is 0. The minimum Gasteiger partial charge on any atom is -0.399 e. The van der Waals surface area contributed by atoms with Crippen molar-refractivity contribution in [3.05, 3.63) is 29.8 Å². The third-order valence-corrected chi connectivity index (χ3v) is 2.18. The van der Waals surface area contributed by atoms with Gasteiger partial charge in [0.2, 0.25) is 5.91 Å². The van der Waals surface area contributed by atoms with Gasteiger partial charge in [-0.05, 0) is 31.2 Å². The van der Waals surface area contributed by atoms with E-state index in [0.717, 1.165) is 0 Å². The van der Waals surface area contributed by atoms with Crippen LogP contribution in [0, 0.1) is 0 Å². The number of rotatable bonds is 5. The van der Waals surface area contributed by atoms with Gasteiger partial charge in [0.25, 0.3) is 5.91 Å². The number of benzene rings is 1. The molecule has 0 unspecified atom stereocenters. The molecule has 0 heterocycles. The normalized spacial score (nSPS) is 9.71. The fourth-order valence-corrected chi connectivity index (χ4v) is 1.31. The Labute approximate surface area is 100 Å². The molecule has 0 aliphatic carbocycles. The number of nitrogens with one attached hydrogen (secondary N) is 2. The lowest BCUT2D eigenvalue weighted by Crippen LogP contribution is -2.30. The summed E-state index contributed by atoms with van der Waals surface area (Å²) in [5.74, 6) is -0.264. The second kappa shape index (κ2) is 6.52. The van der Waals surface area contributed by atoms with E-state index in [4.69, 9.17) is 5.73 Å². The predicted octanol–water partition coefficient (Wildman–Crippen LogP) is 0.525.